The monoisotopic (exact) mass is 285 g/mol. The van der Waals surface area contributed by atoms with E-state index in [0.717, 1.165) is 23.3 Å². The molecule has 0 aromatic heterocycles. The summed E-state index contributed by atoms with van der Waals surface area (Å²) < 4.78 is 0.772. The lowest BCUT2D eigenvalue weighted by molar-refractivity contribution is -0.121. The van der Waals surface area contributed by atoms with Crippen LogP contribution in [0.3, 0.4) is 0 Å². The van der Waals surface area contributed by atoms with Gasteiger partial charge in [-0.3, -0.25) is 4.79 Å². The maximum atomic E-state index is 11.0. The van der Waals surface area contributed by atoms with Crippen LogP contribution in [-0.4, -0.2) is 22.0 Å². The van der Waals surface area contributed by atoms with E-state index in [4.69, 9.17) is 5.73 Å². The van der Waals surface area contributed by atoms with Crippen LogP contribution in [0.5, 0.6) is 0 Å². The van der Waals surface area contributed by atoms with Gasteiger partial charge in [0.1, 0.15) is 0 Å². The number of carbonyl (C=O) groups is 1. The third-order valence-electron chi connectivity index (χ3n) is 3.86. The van der Waals surface area contributed by atoms with Crippen molar-refractivity contribution in [1.82, 2.24) is 0 Å². The molecule has 0 radical (unpaired) electrons. The lowest BCUT2D eigenvalue weighted by atomic mass is 9.94. The van der Waals surface area contributed by atoms with Crippen molar-refractivity contribution in [2.24, 2.45) is 23.5 Å². The first-order chi connectivity index (χ1) is 8.66. The highest BCUT2D eigenvalue weighted by molar-refractivity contribution is 8.17. The number of allylic oxidation sites excluding steroid dienone is 2. The molecule has 3 unspecified atom stereocenters. The van der Waals surface area contributed by atoms with Gasteiger partial charge in [-0.2, -0.15) is 0 Å². The summed E-state index contributed by atoms with van der Waals surface area (Å²) in [5.74, 6) is 3.92. The van der Waals surface area contributed by atoms with Gasteiger partial charge in [0.2, 0.25) is 5.91 Å². The van der Waals surface area contributed by atoms with E-state index in [-0.39, 0.29) is 11.8 Å². The summed E-state index contributed by atoms with van der Waals surface area (Å²) in [6, 6.07) is 0. The van der Waals surface area contributed by atoms with Gasteiger partial charge < -0.3 is 5.73 Å². The highest BCUT2D eigenvalue weighted by Gasteiger charge is 2.28. The maximum Gasteiger partial charge on any atom is 0.220 e. The molecule has 102 valence electrons. The van der Waals surface area contributed by atoms with E-state index >= 15 is 0 Å². The molecule has 0 spiro atoms. The van der Waals surface area contributed by atoms with Crippen molar-refractivity contribution >= 4 is 29.4 Å². The fraction of sp³-hybridized carbons (Fsp3) is 0.786. The van der Waals surface area contributed by atoms with Gasteiger partial charge in [0, 0.05) is 5.92 Å². The predicted molar refractivity (Wildman–Crippen MR) is 81.7 cm³/mol. The molecule has 0 saturated carbocycles. The Morgan fingerprint density at radius 3 is 2.78 bits per heavy atom. The molecule has 1 amide bonds. The van der Waals surface area contributed by atoms with Crippen LogP contribution in [0.2, 0.25) is 0 Å². The van der Waals surface area contributed by atoms with E-state index in [0.29, 0.717) is 5.92 Å². The highest BCUT2D eigenvalue weighted by atomic mass is 32.2. The van der Waals surface area contributed by atoms with Gasteiger partial charge in [-0.15, -0.1) is 23.5 Å². The molecular weight excluding hydrogens is 262 g/mol. The summed E-state index contributed by atoms with van der Waals surface area (Å²) in [5, 5.41) is 0. The Morgan fingerprint density at radius 1 is 1.39 bits per heavy atom. The Labute approximate surface area is 119 Å². The van der Waals surface area contributed by atoms with Crippen molar-refractivity contribution < 1.29 is 4.79 Å². The van der Waals surface area contributed by atoms with Gasteiger partial charge in [-0.1, -0.05) is 19.1 Å². The molecule has 3 atom stereocenters. The summed E-state index contributed by atoms with van der Waals surface area (Å²) >= 11 is 4.26. The van der Waals surface area contributed by atoms with Crippen LogP contribution in [0.25, 0.3) is 0 Å². The number of amides is 1. The van der Waals surface area contributed by atoms with E-state index in [9.17, 15) is 4.79 Å². The number of rotatable bonds is 5. The first-order valence-corrected chi connectivity index (χ1v) is 8.97. The van der Waals surface area contributed by atoms with E-state index in [1.54, 1.807) is 0 Å². The van der Waals surface area contributed by atoms with Gasteiger partial charge in [-0.05, 0) is 49.0 Å². The molecule has 2 nitrogen and oxygen atoms in total. The minimum absolute atomic E-state index is 0.0240. The first kappa shape index (κ1) is 14.3. The lowest BCUT2D eigenvalue weighted by Gasteiger charge is -2.26. The Morgan fingerprint density at radius 2 is 2.11 bits per heavy atom. The van der Waals surface area contributed by atoms with Gasteiger partial charge in [0.15, 0.2) is 0 Å². The van der Waals surface area contributed by atoms with Crippen molar-refractivity contribution in [3.8, 4) is 0 Å². The third kappa shape index (κ3) is 3.95. The minimum atomic E-state index is -0.160. The largest absolute Gasteiger partial charge is 0.369 e. The number of nitrogens with two attached hydrogens (primary N) is 1. The standard InChI is InChI=1S/C14H23NOS2/c1-10(13(15)16)3-4-11-5-6-12(9-11)14-17-7-2-8-18-14/h5-6,10-12,14H,2-4,7-9H2,1H3,(H2,15,16). The first-order valence-electron chi connectivity index (χ1n) is 6.87. The molecule has 18 heavy (non-hydrogen) atoms. The van der Waals surface area contributed by atoms with E-state index < -0.39 is 0 Å². The molecule has 0 bridgehead atoms. The normalized spacial score (nSPS) is 30.5. The summed E-state index contributed by atoms with van der Waals surface area (Å²) in [5.41, 5.74) is 5.30. The Hall–Kier alpha value is -0.0900. The van der Waals surface area contributed by atoms with Crippen molar-refractivity contribution in [2.45, 2.75) is 37.2 Å². The molecule has 2 rings (SSSR count). The molecule has 1 heterocycles. The number of hydrogen-bond donors (Lipinski definition) is 1. The number of primary amides is 1. The van der Waals surface area contributed by atoms with Crippen LogP contribution in [0, 0.1) is 17.8 Å². The van der Waals surface area contributed by atoms with Crippen molar-refractivity contribution in [2.75, 3.05) is 11.5 Å². The zero-order chi connectivity index (χ0) is 13.0. The molecule has 2 aliphatic rings. The molecule has 1 saturated heterocycles. The minimum Gasteiger partial charge on any atom is -0.369 e. The van der Waals surface area contributed by atoms with Crippen molar-refractivity contribution in [1.29, 1.82) is 0 Å². The molecular formula is C14H23NOS2. The Kier molecular flexibility index (Phi) is 5.49. The average molecular weight is 285 g/mol. The summed E-state index contributed by atoms with van der Waals surface area (Å²) in [6.45, 7) is 1.94. The van der Waals surface area contributed by atoms with Crippen LogP contribution in [0.1, 0.15) is 32.6 Å². The second-order valence-electron chi connectivity index (χ2n) is 5.39. The van der Waals surface area contributed by atoms with Crippen molar-refractivity contribution in [3.05, 3.63) is 12.2 Å². The molecule has 0 aromatic carbocycles. The van der Waals surface area contributed by atoms with Crippen LogP contribution in [-0.2, 0) is 4.79 Å². The highest BCUT2D eigenvalue weighted by Crippen LogP contribution is 2.42. The number of thioether (sulfide) groups is 2. The van der Waals surface area contributed by atoms with Crippen LogP contribution < -0.4 is 5.73 Å². The summed E-state index contributed by atoms with van der Waals surface area (Å²) in [4.78, 5) is 11.0. The molecule has 0 aromatic rings. The molecule has 1 aliphatic carbocycles. The van der Waals surface area contributed by atoms with E-state index in [1.165, 1.54) is 24.3 Å². The smallest absolute Gasteiger partial charge is 0.220 e. The van der Waals surface area contributed by atoms with Gasteiger partial charge >= 0.3 is 0 Å². The van der Waals surface area contributed by atoms with E-state index in [2.05, 4.69) is 35.7 Å². The molecule has 1 aliphatic heterocycles. The quantitative estimate of drug-likeness (QED) is 0.788. The maximum absolute atomic E-state index is 11.0. The Bertz CT molecular complexity index is 313. The van der Waals surface area contributed by atoms with Crippen LogP contribution >= 0.6 is 23.5 Å². The molecule has 2 N–H and O–H groups in total. The molecule has 1 fully saturated rings. The fourth-order valence-electron chi connectivity index (χ4n) is 2.58. The number of carbonyl (C=O) groups excluding carboxylic acids is 1. The fourth-order valence-corrected chi connectivity index (χ4v) is 5.71. The Balaban J connectivity index is 1.72. The summed E-state index contributed by atoms with van der Waals surface area (Å²) in [6.07, 6.45) is 9.46. The second kappa shape index (κ2) is 6.90. The SMILES string of the molecule is CC(CCC1C=CC(C2SCCCS2)C1)C(N)=O. The zero-order valence-electron chi connectivity index (χ0n) is 11.0. The average Bonchev–Trinajstić information content (AvgIpc) is 2.85. The lowest BCUT2D eigenvalue weighted by Crippen LogP contribution is -2.21. The summed E-state index contributed by atoms with van der Waals surface area (Å²) in [7, 11) is 0. The van der Waals surface area contributed by atoms with Gasteiger partial charge in [-0.25, -0.2) is 0 Å². The van der Waals surface area contributed by atoms with Gasteiger partial charge in [0.05, 0.1) is 4.58 Å². The van der Waals surface area contributed by atoms with Crippen LogP contribution in [0.15, 0.2) is 12.2 Å². The van der Waals surface area contributed by atoms with E-state index in [1.807, 2.05) is 6.92 Å². The second-order valence-corrected chi connectivity index (χ2v) is 8.19. The van der Waals surface area contributed by atoms with Crippen LogP contribution in [0.4, 0.5) is 0 Å². The van der Waals surface area contributed by atoms with Crippen molar-refractivity contribution in [3.63, 3.8) is 0 Å². The molecule has 4 heteroatoms. The topological polar surface area (TPSA) is 43.1 Å². The predicted octanol–water partition coefficient (Wildman–Crippen LogP) is 3.28. The van der Waals surface area contributed by atoms with Gasteiger partial charge in [0.25, 0.3) is 0 Å². The zero-order valence-corrected chi connectivity index (χ0v) is 12.6. The number of hydrogen-bond acceptors (Lipinski definition) is 3. The third-order valence-corrected chi connectivity index (χ3v) is 7.09.